The molecule has 1 aromatic heterocycles. The third-order valence-corrected chi connectivity index (χ3v) is 3.15. The summed E-state index contributed by atoms with van der Waals surface area (Å²) in [6.45, 7) is 4.07. The van der Waals surface area contributed by atoms with Crippen LogP contribution in [0.2, 0.25) is 0 Å². The Morgan fingerprint density at radius 2 is 2.22 bits per heavy atom. The average molecular weight is 267 g/mol. The monoisotopic (exact) mass is 267 g/mol. The van der Waals surface area contributed by atoms with Crippen molar-refractivity contribution in [3.05, 3.63) is 17.3 Å². The number of nitrogens with two attached hydrogens (primary N) is 1. The second-order valence-electron chi connectivity index (χ2n) is 4.59. The van der Waals surface area contributed by atoms with Gasteiger partial charge in [-0.2, -0.15) is 0 Å². The van der Waals surface area contributed by atoms with Gasteiger partial charge in [0.2, 0.25) is 5.76 Å². The smallest absolute Gasteiger partial charge is 0.291 e. The zero-order valence-corrected chi connectivity index (χ0v) is 11.4. The van der Waals surface area contributed by atoms with Gasteiger partial charge in [0.15, 0.2) is 5.89 Å². The number of thiocarbonyl (C=S) groups is 1. The second-order valence-corrected chi connectivity index (χ2v) is 5.12. The molecule has 1 aliphatic carbocycles. The summed E-state index contributed by atoms with van der Waals surface area (Å²) in [5, 5.41) is 0. The van der Waals surface area contributed by atoms with E-state index in [-0.39, 0.29) is 5.91 Å². The van der Waals surface area contributed by atoms with Gasteiger partial charge in [0.25, 0.3) is 5.91 Å². The molecular formula is C12H17N3O2S. The zero-order chi connectivity index (χ0) is 13.3. The topological polar surface area (TPSA) is 72.4 Å². The molecule has 0 aliphatic heterocycles. The first-order chi connectivity index (χ1) is 8.49. The lowest BCUT2D eigenvalue weighted by Gasteiger charge is -2.21. The van der Waals surface area contributed by atoms with Crippen LogP contribution in [0.1, 0.15) is 41.4 Å². The summed E-state index contributed by atoms with van der Waals surface area (Å²) in [5.41, 5.74) is 6.13. The summed E-state index contributed by atoms with van der Waals surface area (Å²) in [5.74, 6) is 0.745. The lowest BCUT2D eigenvalue weighted by atomic mass is 10.3. The summed E-state index contributed by atoms with van der Waals surface area (Å²) in [6.07, 6.45) is 2.62. The van der Waals surface area contributed by atoms with Crippen molar-refractivity contribution in [2.24, 2.45) is 5.73 Å². The van der Waals surface area contributed by atoms with Gasteiger partial charge in [0, 0.05) is 25.9 Å². The van der Waals surface area contributed by atoms with Crippen molar-refractivity contribution in [3.8, 4) is 0 Å². The average Bonchev–Trinajstić information content (AvgIpc) is 3.04. The van der Waals surface area contributed by atoms with Gasteiger partial charge < -0.3 is 15.1 Å². The normalized spacial score (nSPS) is 14.6. The molecule has 2 rings (SSSR count). The number of amides is 1. The molecule has 6 heteroatoms. The van der Waals surface area contributed by atoms with Crippen LogP contribution in [0.15, 0.2) is 4.42 Å². The van der Waals surface area contributed by atoms with E-state index >= 15 is 0 Å². The minimum atomic E-state index is -0.105. The molecule has 0 atom stereocenters. The van der Waals surface area contributed by atoms with Gasteiger partial charge in [-0.15, -0.1) is 0 Å². The van der Waals surface area contributed by atoms with Crippen molar-refractivity contribution in [3.63, 3.8) is 0 Å². The summed E-state index contributed by atoms with van der Waals surface area (Å²) in [4.78, 5) is 18.7. The van der Waals surface area contributed by atoms with Gasteiger partial charge in [-0.05, 0) is 19.8 Å². The van der Waals surface area contributed by atoms with Crippen molar-refractivity contribution in [1.29, 1.82) is 0 Å². The Balaban J connectivity index is 2.12. The van der Waals surface area contributed by atoms with Crippen LogP contribution >= 0.6 is 12.2 Å². The van der Waals surface area contributed by atoms with Crippen molar-refractivity contribution in [1.82, 2.24) is 9.88 Å². The number of hydrogen-bond acceptors (Lipinski definition) is 4. The molecule has 2 N–H and O–H groups in total. The zero-order valence-electron chi connectivity index (χ0n) is 10.6. The number of aromatic nitrogens is 1. The summed E-state index contributed by atoms with van der Waals surface area (Å²) < 4.78 is 5.38. The van der Waals surface area contributed by atoms with Gasteiger partial charge in [-0.3, -0.25) is 4.79 Å². The highest BCUT2D eigenvalue weighted by atomic mass is 32.1. The molecule has 18 heavy (non-hydrogen) atoms. The number of oxazole rings is 1. The van der Waals surface area contributed by atoms with Crippen molar-refractivity contribution in [2.75, 3.05) is 6.54 Å². The van der Waals surface area contributed by atoms with Gasteiger partial charge >= 0.3 is 0 Å². The number of rotatable bonds is 5. The molecule has 1 amide bonds. The Morgan fingerprint density at radius 1 is 1.56 bits per heavy atom. The second kappa shape index (κ2) is 5.06. The van der Waals surface area contributed by atoms with Gasteiger partial charge in [0.1, 0.15) is 0 Å². The SMILES string of the molecule is Cc1nc(C)c(C(=O)N(CCC(N)=S)C2CC2)o1. The summed E-state index contributed by atoms with van der Waals surface area (Å²) >= 11 is 4.86. The number of nitrogens with zero attached hydrogens (tertiary/aromatic N) is 2. The first-order valence-electron chi connectivity index (χ1n) is 6.02. The maximum atomic E-state index is 12.4. The van der Waals surface area contributed by atoms with Crippen LogP contribution < -0.4 is 5.73 Å². The van der Waals surface area contributed by atoms with Crippen molar-refractivity contribution >= 4 is 23.1 Å². The Kier molecular flexibility index (Phi) is 3.65. The maximum absolute atomic E-state index is 12.4. The Morgan fingerprint density at radius 3 is 2.67 bits per heavy atom. The fraction of sp³-hybridized carbons (Fsp3) is 0.583. The highest BCUT2D eigenvalue weighted by molar-refractivity contribution is 7.80. The molecule has 0 saturated heterocycles. The molecule has 0 unspecified atom stereocenters. The van der Waals surface area contributed by atoms with E-state index in [1.54, 1.807) is 18.7 Å². The quantitative estimate of drug-likeness (QED) is 0.820. The maximum Gasteiger partial charge on any atom is 0.291 e. The number of aryl methyl sites for hydroxylation is 2. The van der Waals surface area contributed by atoms with Crippen LogP contribution in [0.3, 0.4) is 0 Å². The van der Waals surface area contributed by atoms with Crippen LogP contribution in [0, 0.1) is 13.8 Å². The van der Waals surface area contributed by atoms with E-state index in [0.717, 1.165) is 12.8 Å². The number of carbonyl (C=O) groups excluding carboxylic acids is 1. The summed E-state index contributed by atoms with van der Waals surface area (Å²) in [7, 11) is 0. The predicted molar refractivity (Wildman–Crippen MR) is 71.4 cm³/mol. The third-order valence-electron chi connectivity index (χ3n) is 2.95. The standard InChI is InChI=1S/C12H17N3O2S/c1-7-11(17-8(2)14-7)12(16)15(9-3-4-9)6-5-10(13)18/h9H,3-6H2,1-2H3,(H2,13,18). The minimum absolute atomic E-state index is 0.105. The molecule has 1 heterocycles. The number of carbonyl (C=O) groups is 1. The van der Waals surface area contributed by atoms with Crippen molar-refractivity contribution < 1.29 is 9.21 Å². The highest BCUT2D eigenvalue weighted by Gasteiger charge is 2.35. The Bertz CT molecular complexity index is 480. The van der Waals surface area contributed by atoms with Crippen LogP contribution in [-0.4, -0.2) is 33.4 Å². The summed E-state index contributed by atoms with van der Waals surface area (Å²) in [6, 6.07) is 0.302. The largest absolute Gasteiger partial charge is 0.436 e. The van der Waals surface area contributed by atoms with E-state index in [1.807, 2.05) is 0 Å². The molecule has 5 nitrogen and oxygen atoms in total. The van der Waals surface area contributed by atoms with Crippen LogP contribution in [0.4, 0.5) is 0 Å². The fourth-order valence-electron chi connectivity index (χ4n) is 1.93. The molecule has 1 fully saturated rings. The Labute approximate surface area is 111 Å². The predicted octanol–water partition coefficient (Wildman–Crippen LogP) is 1.57. The number of hydrogen-bond donors (Lipinski definition) is 1. The molecule has 1 aromatic rings. The van der Waals surface area contributed by atoms with Gasteiger partial charge in [0.05, 0.1) is 10.7 Å². The molecule has 98 valence electrons. The molecule has 1 aliphatic rings. The third kappa shape index (κ3) is 2.87. The van der Waals surface area contributed by atoms with E-state index in [1.165, 1.54) is 0 Å². The molecular weight excluding hydrogens is 250 g/mol. The minimum Gasteiger partial charge on any atom is -0.436 e. The van der Waals surface area contributed by atoms with E-state index in [9.17, 15) is 4.79 Å². The molecule has 1 saturated carbocycles. The fourth-order valence-corrected chi connectivity index (χ4v) is 2.02. The van der Waals surface area contributed by atoms with Crippen LogP contribution in [0.25, 0.3) is 0 Å². The molecule has 0 radical (unpaired) electrons. The molecule has 0 spiro atoms. The highest BCUT2D eigenvalue weighted by Crippen LogP contribution is 2.29. The van der Waals surface area contributed by atoms with Crippen LogP contribution in [-0.2, 0) is 0 Å². The lowest BCUT2D eigenvalue weighted by molar-refractivity contribution is 0.0713. The van der Waals surface area contributed by atoms with Gasteiger partial charge in [-0.1, -0.05) is 12.2 Å². The molecule has 0 bridgehead atoms. The first-order valence-corrected chi connectivity index (χ1v) is 6.43. The Hall–Kier alpha value is -1.43. The molecule has 0 aromatic carbocycles. The van der Waals surface area contributed by atoms with E-state index in [4.69, 9.17) is 22.4 Å². The van der Waals surface area contributed by atoms with E-state index in [0.29, 0.717) is 41.3 Å². The lowest BCUT2D eigenvalue weighted by Crippen LogP contribution is -2.35. The van der Waals surface area contributed by atoms with Crippen LogP contribution in [0.5, 0.6) is 0 Å². The van der Waals surface area contributed by atoms with Gasteiger partial charge in [-0.25, -0.2) is 4.98 Å². The van der Waals surface area contributed by atoms with E-state index < -0.39 is 0 Å². The van der Waals surface area contributed by atoms with Crippen molar-refractivity contribution in [2.45, 2.75) is 39.2 Å². The van der Waals surface area contributed by atoms with E-state index in [2.05, 4.69) is 4.98 Å². The first kappa shape index (κ1) is 13.0.